The Bertz CT molecular complexity index is 366. The fourth-order valence-corrected chi connectivity index (χ4v) is 1.92. The molecule has 90 valence electrons. The minimum Gasteiger partial charge on any atom is -0.496 e. The van der Waals surface area contributed by atoms with Gasteiger partial charge in [-0.2, -0.15) is 0 Å². The molecule has 0 heterocycles. The van der Waals surface area contributed by atoms with Gasteiger partial charge >= 0.3 is 0 Å². The van der Waals surface area contributed by atoms with Crippen LogP contribution in [0.4, 0.5) is 0 Å². The molecule has 16 heavy (non-hydrogen) atoms. The molecule has 1 aromatic carbocycles. The highest BCUT2D eigenvalue weighted by Gasteiger charge is 2.02. The molecule has 0 amide bonds. The molecule has 0 aromatic heterocycles. The molecular formula is C12H19NO2S. The van der Waals surface area contributed by atoms with Crippen molar-refractivity contribution in [2.24, 2.45) is 0 Å². The molecule has 0 saturated carbocycles. The van der Waals surface area contributed by atoms with E-state index >= 15 is 0 Å². The van der Waals surface area contributed by atoms with Crippen molar-refractivity contribution in [2.75, 3.05) is 25.7 Å². The molecule has 4 heteroatoms. The molecule has 1 atom stereocenters. The molecule has 1 unspecified atom stereocenters. The largest absolute Gasteiger partial charge is 0.496 e. The lowest BCUT2D eigenvalue weighted by atomic mass is 10.1. The van der Waals surface area contributed by atoms with Crippen molar-refractivity contribution in [3.63, 3.8) is 0 Å². The highest BCUT2D eigenvalue weighted by Crippen LogP contribution is 2.19. The Morgan fingerprint density at radius 3 is 2.81 bits per heavy atom. The smallest absolute Gasteiger partial charge is 0.123 e. The van der Waals surface area contributed by atoms with E-state index in [1.165, 1.54) is 5.56 Å². The molecule has 1 rings (SSSR count). The van der Waals surface area contributed by atoms with E-state index in [2.05, 4.69) is 18.3 Å². The predicted octanol–water partition coefficient (Wildman–Crippen LogP) is 1.47. The van der Waals surface area contributed by atoms with Gasteiger partial charge < -0.3 is 10.1 Å². The van der Waals surface area contributed by atoms with Gasteiger partial charge in [-0.25, -0.2) is 0 Å². The molecular weight excluding hydrogens is 222 g/mol. The molecule has 1 N–H and O–H groups in total. The van der Waals surface area contributed by atoms with E-state index in [9.17, 15) is 4.21 Å². The van der Waals surface area contributed by atoms with Gasteiger partial charge in [0.1, 0.15) is 5.75 Å². The van der Waals surface area contributed by atoms with E-state index < -0.39 is 10.8 Å². The van der Waals surface area contributed by atoms with Gasteiger partial charge in [0.15, 0.2) is 0 Å². The summed E-state index contributed by atoms with van der Waals surface area (Å²) in [5, 5.41) is 3.26. The van der Waals surface area contributed by atoms with Crippen LogP contribution in [0, 0.1) is 6.92 Å². The standard InChI is InChI=1S/C12H19NO2S/c1-10-4-5-12(15-2)11(8-10)9-13-6-7-16(3)14/h4-5,8,13H,6-7,9H2,1-3H3. The SMILES string of the molecule is COc1ccc(C)cc1CNCCS(C)=O. The summed E-state index contributed by atoms with van der Waals surface area (Å²) in [4.78, 5) is 0. The van der Waals surface area contributed by atoms with Crippen LogP contribution < -0.4 is 10.1 Å². The van der Waals surface area contributed by atoms with Crippen LogP contribution in [0.25, 0.3) is 0 Å². The predicted molar refractivity (Wildman–Crippen MR) is 68.4 cm³/mol. The van der Waals surface area contributed by atoms with Crippen LogP contribution in [0.1, 0.15) is 11.1 Å². The maximum atomic E-state index is 10.9. The lowest BCUT2D eigenvalue weighted by Gasteiger charge is -2.10. The Morgan fingerprint density at radius 2 is 2.19 bits per heavy atom. The second kappa shape index (κ2) is 6.66. The molecule has 1 aromatic rings. The zero-order valence-corrected chi connectivity index (χ0v) is 10.9. The van der Waals surface area contributed by atoms with Crippen molar-refractivity contribution in [3.8, 4) is 5.75 Å². The van der Waals surface area contributed by atoms with Crippen molar-refractivity contribution >= 4 is 10.8 Å². The minimum atomic E-state index is -0.729. The number of hydrogen-bond acceptors (Lipinski definition) is 3. The normalized spacial score (nSPS) is 12.4. The molecule has 3 nitrogen and oxygen atoms in total. The first kappa shape index (κ1) is 13.2. The zero-order chi connectivity index (χ0) is 12.0. The average molecular weight is 241 g/mol. The third-order valence-corrected chi connectivity index (χ3v) is 3.10. The van der Waals surface area contributed by atoms with Gasteiger partial charge in [-0.05, 0) is 13.0 Å². The Hall–Kier alpha value is -0.870. The molecule has 0 aliphatic carbocycles. The Labute approximate surface area is 99.7 Å². The number of rotatable bonds is 6. The maximum Gasteiger partial charge on any atom is 0.123 e. The summed E-state index contributed by atoms with van der Waals surface area (Å²) >= 11 is 0. The molecule has 0 radical (unpaired) electrons. The van der Waals surface area contributed by atoms with Crippen LogP contribution in [0.15, 0.2) is 18.2 Å². The fraction of sp³-hybridized carbons (Fsp3) is 0.500. The number of methoxy groups -OCH3 is 1. The van der Waals surface area contributed by atoms with Crippen LogP contribution in [-0.4, -0.2) is 29.9 Å². The molecule has 0 aliphatic heterocycles. The highest BCUT2D eigenvalue weighted by molar-refractivity contribution is 7.84. The van der Waals surface area contributed by atoms with Crippen molar-refractivity contribution in [2.45, 2.75) is 13.5 Å². The summed E-state index contributed by atoms with van der Waals surface area (Å²) in [6.45, 7) is 3.58. The zero-order valence-electron chi connectivity index (χ0n) is 10.1. The number of benzene rings is 1. The first-order chi connectivity index (χ1) is 7.63. The van der Waals surface area contributed by atoms with Gasteiger partial charge in [0.05, 0.1) is 7.11 Å². The van der Waals surface area contributed by atoms with Gasteiger partial charge in [0, 0.05) is 41.5 Å². The van der Waals surface area contributed by atoms with Crippen LogP contribution >= 0.6 is 0 Å². The van der Waals surface area contributed by atoms with Crippen molar-refractivity contribution in [3.05, 3.63) is 29.3 Å². The third kappa shape index (κ3) is 4.33. The summed E-state index contributed by atoms with van der Waals surface area (Å²) in [6.07, 6.45) is 1.72. The lowest BCUT2D eigenvalue weighted by molar-refractivity contribution is 0.408. The number of ether oxygens (including phenoxy) is 1. The number of aryl methyl sites for hydroxylation is 1. The summed E-state index contributed by atoms with van der Waals surface area (Å²) in [5.41, 5.74) is 2.36. The molecule has 0 saturated heterocycles. The Morgan fingerprint density at radius 1 is 1.44 bits per heavy atom. The summed E-state index contributed by atoms with van der Waals surface area (Å²) in [5.74, 6) is 1.59. The molecule has 0 bridgehead atoms. The van der Waals surface area contributed by atoms with Gasteiger partial charge in [-0.15, -0.1) is 0 Å². The maximum absolute atomic E-state index is 10.9. The average Bonchev–Trinajstić information content (AvgIpc) is 2.24. The van der Waals surface area contributed by atoms with Gasteiger partial charge in [-0.3, -0.25) is 4.21 Å². The van der Waals surface area contributed by atoms with Crippen LogP contribution in [-0.2, 0) is 17.3 Å². The van der Waals surface area contributed by atoms with Gasteiger partial charge in [0.25, 0.3) is 0 Å². The second-order valence-electron chi connectivity index (χ2n) is 3.77. The molecule has 0 aliphatic rings. The summed E-state index contributed by atoms with van der Waals surface area (Å²) < 4.78 is 16.2. The third-order valence-electron chi connectivity index (χ3n) is 2.32. The fourth-order valence-electron chi connectivity index (χ4n) is 1.48. The van der Waals surface area contributed by atoms with Crippen molar-refractivity contribution in [1.82, 2.24) is 5.32 Å². The van der Waals surface area contributed by atoms with Crippen LogP contribution in [0.5, 0.6) is 5.75 Å². The molecule has 0 fully saturated rings. The summed E-state index contributed by atoms with van der Waals surface area (Å²) in [6, 6.07) is 6.11. The number of hydrogen-bond donors (Lipinski definition) is 1. The van der Waals surface area contributed by atoms with Gasteiger partial charge in [-0.1, -0.05) is 17.7 Å². The minimum absolute atomic E-state index is 0.689. The highest BCUT2D eigenvalue weighted by atomic mass is 32.2. The Balaban J connectivity index is 2.51. The second-order valence-corrected chi connectivity index (χ2v) is 5.32. The van der Waals surface area contributed by atoms with E-state index in [-0.39, 0.29) is 0 Å². The topological polar surface area (TPSA) is 38.3 Å². The van der Waals surface area contributed by atoms with E-state index in [4.69, 9.17) is 4.74 Å². The lowest BCUT2D eigenvalue weighted by Crippen LogP contribution is -2.20. The van der Waals surface area contributed by atoms with Crippen molar-refractivity contribution in [1.29, 1.82) is 0 Å². The number of nitrogens with one attached hydrogen (secondary N) is 1. The monoisotopic (exact) mass is 241 g/mol. The van der Waals surface area contributed by atoms with E-state index in [0.29, 0.717) is 5.75 Å². The quantitative estimate of drug-likeness (QED) is 0.767. The van der Waals surface area contributed by atoms with Gasteiger partial charge in [0.2, 0.25) is 0 Å². The Kier molecular flexibility index (Phi) is 5.49. The first-order valence-corrected chi connectivity index (χ1v) is 7.00. The first-order valence-electron chi connectivity index (χ1n) is 5.27. The van der Waals surface area contributed by atoms with E-state index in [1.54, 1.807) is 13.4 Å². The van der Waals surface area contributed by atoms with Crippen LogP contribution in [0.3, 0.4) is 0 Å². The summed E-state index contributed by atoms with van der Waals surface area (Å²) in [7, 11) is 0.947. The van der Waals surface area contributed by atoms with Crippen molar-refractivity contribution < 1.29 is 8.95 Å². The van der Waals surface area contributed by atoms with E-state index in [1.807, 2.05) is 12.1 Å². The molecule has 0 spiro atoms. The van der Waals surface area contributed by atoms with Crippen LogP contribution in [0.2, 0.25) is 0 Å². The van der Waals surface area contributed by atoms with E-state index in [0.717, 1.165) is 24.4 Å².